The van der Waals surface area contributed by atoms with Crippen molar-refractivity contribution in [3.63, 3.8) is 0 Å². The molecule has 0 saturated carbocycles. The third-order valence-corrected chi connectivity index (χ3v) is 2.61. The zero-order chi connectivity index (χ0) is 13.8. The van der Waals surface area contributed by atoms with E-state index in [-0.39, 0.29) is 5.78 Å². The van der Waals surface area contributed by atoms with Crippen molar-refractivity contribution >= 4 is 11.8 Å². The van der Waals surface area contributed by atoms with Crippen molar-refractivity contribution in [2.45, 2.75) is 13.8 Å². The Labute approximate surface area is 110 Å². The Kier molecular flexibility index (Phi) is 3.75. The molecule has 0 fully saturated rings. The van der Waals surface area contributed by atoms with Gasteiger partial charge in [-0.15, -0.1) is 0 Å². The molecule has 0 bridgehead atoms. The first-order valence-corrected chi connectivity index (χ1v) is 5.95. The quantitative estimate of drug-likeness (QED) is 0.623. The first-order valence-electron chi connectivity index (χ1n) is 5.95. The van der Waals surface area contributed by atoms with Gasteiger partial charge in [-0.2, -0.15) is 5.10 Å². The number of carbonyl (C=O) groups excluding carboxylic acids is 2. The van der Waals surface area contributed by atoms with E-state index in [1.54, 1.807) is 36.0 Å². The number of hydrogen-bond donors (Lipinski definition) is 0. The van der Waals surface area contributed by atoms with Gasteiger partial charge in [0.2, 0.25) is 0 Å². The highest BCUT2D eigenvalue weighted by atomic mass is 16.5. The minimum Gasteiger partial charge on any atom is -0.462 e. The van der Waals surface area contributed by atoms with Crippen LogP contribution >= 0.6 is 0 Å². The van der Waals surface area contributed by atoms with E-state index in [1.165, 1.54) is 13.1 Å². The maximum Gasteiger partial charge on any atom is 0.341 e. The molecule has 98 valence electrons. The van der Waals surface area contributed by atoms with Crippen molar-refractivity contribution in [3.05, 3.63) is 47.8 Å². The summed E-state index contributed by atoms with van der Waals surface area (Å²) in [5.74, 6) is -0.420. The van der Waals surface area contributed by atoms with Gasteiger partial charge in [0.15, 0.2) is 5.78 Å². The number of aromatic nitrogens is 2. The molecule has 5 heteroatoms. The molecule has 19 heavy (non-hydrogen) atoms. The van der Waals surface area contributed by atoms with E-state index < -0.39 is 5.97 Å². The van der Waals surface area contributed by atoms with Crippen LogP contribution in [0.2, 0.25) is 0 Å². The summed E-state index contributed by atoms with van der Waals surface area (Å²) in [5.41, 5.74) is 1.71. The molecular weight excluding hydrogens is 244 g/mol. The zero-order valence-electron chi connectivity index (χ0n) is 10.8. The molecule has 1 heterocycles. The highest BCUT2D eigenvalue weighted by molar-refractivity contribution is 5.94. The molecule has 2 aromatic rings. The summed E-state index contributed by atoms with van der Waals surface area (Å²) in [5, 5.41) is 4.09. The normalized spacial score (nSPS) is 10.2. The molecular formula is C14H14N2O3. The number of Topliss-reactive ketones (excluding diaryl/α,β-unsaturated/α-hetero) is 1. The fourth-order valence-corrected chi connectivity index (χ4v) is 1.65. The lowest BCUT2D eigenvalue weighted by atomic mass is 10.1. The molecule has 5 nitrogen and oxygen atoms in total. The van der Waals surface area contributed by atoms with Crippen molar-refractivity contribution in [2.75, 3.05) is 6.61 Å². The van der Waals surface area contributed by atoms with Crippen molar-refractivity contribution < 1.29 is 14.3 Å². The van der Waals surface area contributed by atoms with E-state index in [1.807, 2.05) is 6.07 Å². The molecule has 0 atom stereocenters. The van der Waals surface area contributed by atoms with Gasteiger partial charge in [0.25, 0.3) is 0 Å². The van der Waals surface area contributed by atoms with Crippen molar-refractivity contribution in [1.82, 2.24) is 9.78 Å². The van der Waals surface area contributed by atoms with E-state index in [9.17, 15) is 9.59 Å². The summed E-state index contributed by atoms with van der Waals surface area (Å²) in [4.78, 5) is 22.9. The van der Waals surface area contributed by atoms with Crippen LogP contribution in [0.15, 0.2) is 36.7 Å². The maximum absolute atomic E-state index is 11.5. The molecule has 0 saturated heterocycles. The smallest absolute Gasteiger partial charge is 0.341 e. The lowest BCUT2D eigenvalue weighted by molar-refractivity contribution is 0.0526. The topological polar surface area (TPSA) is 61.2 Å². The zero-order valence-corrected chi connectivity index (χ0v) is 10.8. The Hall–Kier alpha value is -2.43. The number of esters is 1. The Bertz CT molecular complexity index is 617. The van der Waals surface area contributed by atoms with Crippen molar-refractivity contribution in [1.29, 1.82) is 0 Å². The van der Waals surface area contributed by atoms with Gasteiger partial charge in [0, 0.05) is 11.8 Å². The molecule has 0 radical (unpaired) electrons. The first-order chi connectivity index (χ1) is 9.11. The third-order valence-electron chi connectivity index (χ3n) is 2.61. The van der Waals surface area contributed by atoms with Gasteiger partial charge in [-0.3, -0.25) is 4.79 Å². The summed E-state index contributed by atoms with van der Waals surface area (Å²) in [6, 6.07) is 7.05. The molecule has 0 aliphatic carbocycles. The number of carbonyl (C=O) groups is 2. The summed E-state index contributed by atoms with van der Waals surface area (Å²) in [6.07, 6.45) is 3.02. The van der Waals surface area contributed by atoms with Crippen LogP contribution in [0.5, 0.6) is 0 Å². The van der Waals surface area contributed by atoms with Crippen LogP contribution in [-0.4, -0.2) is 28.1 Å². The average molecular weight is 258 g/mol. The number of rotatable bonds is 4. The van der Waals surface area contributed by atoms with Crippen molar-refractivity contribution in [2.24, 2.45) is 0 Å². The van der Waals surface area contributed by atoms with E-state index in [0.717, 1.165) is 5.69 Å². The molecule has 0 aliphatic heterocycles. The molecule has 0 spiro atoms. The Morgan fingerprint density at radius 1 is 1.32 bits per heavy atom. The highest BCUT2D eigenvalue weighted by Gasteiger charge is 2.10. The molecule has 0 aliphatic rings. The maximum atomic E-state index is 11.5. The van der Waals surface area contributed by atoms with Crippen LogP contribution in [-0.2, 0) is 4.74 Å². The molecule has 0 unspecified atom stereocenters. The van der Waals surface area contributed by atoms with E-state index in [4.69, 9.17) is 4.74 Å². The minimum absolute atomic E-state index is 0.0142. The minimum atomic E-state index is -0.406. The Morgan fingerprint density at radius 2 is 2.11 bits per heavy atom. The van der Waals surface area contributed by atoms with Gasteiger partial charge in [-0.1, -0.05) is 12.1 Å². The summed E-state index contributed by atoms with van der Waals surface area (Å²) in [7, 11) is 0. The van der Waals surface area contributed by atoms with E-state index >= 15 is 0 Å². The summed E-state index contributed by atoms with van der Waals surface area (Å²) in [6.45, 7) is 3.58. The second-order valence-electron chi connectivity index (χ2n) is 4.00. The van der Waals surface area contributed by atoms with Crippen LogP contribution < -0.4 is 0 Å². The molecule has 1 aromatic carbocycles. The predicted molar refractivity (Wildman–Crippen MR) is 69.5 cm³/mol. The first kappa shape index (κ1) is 13.0. The number of hydrogen-bond acceptors (Lipinski definition) is 4. The van der Waals surface area contributed by atoms with E-state index in [2.05, 4.69) is 5.10 Å². The van der Waals surface area contributed by atoms with Gasteiger partial charge in [0.05, 0.1) is 24.1 Å². The fourth-order valence-electron chi connectivity index (χ4n) is 1.65. The van der Waals surface area contributed by atoms with Crippen LogP contribution in [0.1, 0.15) is 34.6 Å². The van der Waals surface area contributed by atoms with Crippen molar-refractivity contribution in [3.8, 4) is 5.69 Å². The van der Waals surface area contributed by atoms with Gasteiger partial charge in [-0.05, 0) is 26.0 Å². The van der Waals surface area contributed by atoms with Crippen LogP contribution in [0, 0.1) is 0 Å². The standard InChI is InChI=1S/C14H14N2O3/c1-3-19-14(18)12-8-15-16(9-12)13-6-4-5-11(7-13)10(2)17/h4-9H,3H2,1-2H3. The largest absolute Gasteiger partial charge is 0.462 e. The van der Waals surface area contributed by atoms with Crippen LogP contribution in [0.25, 0.3) is 5.69 Å². The average Bonchev–Trinajstić information content (AvgIpc) is 2.89. The molecule has 2 rings (SSSR count). The lowest BCUT2D eigenvalue weighted by Crippen LogP contribution is -2.03. The van der Waals surface area contributed by atoms with Gasteiger partial charge >= 0.3 is 5.97 Å². The SMILES string of the molecule is CCOC(=O)c1cnn(-c2cccc(C(C)=O)c2)c1. The van der Waals surface area contributed by atoms with E-state index in [0.29, 0.717) is 17.7 Å². The summed E-state index contributed by atoms with van der Waals surface area (Å²) >= 11 is 0. The molecule has 0 N–H and O–H groups in total. The summed E-state index contributed by atoms with van der Waals surface area (Å²) < 4.78 is 6.43. The number of ether oxygens (including phenoxy) is 1. The van der Waals surface area contributed by atoms with Gasteiger partial charge < -0.3 is 4.74 Å². The molecule has 1 aromatic heterocycles. The van der Waals surface area contributed by atoms with Gasteiger partial charge in [0.1, 0.15) is 0 Å². The Balaban J connectivity index is 2.30. The second-order valence-corrected chi connectivity index (χ2v) is 4.00. The van der Waals surface area contributed by atoms with Crippen LogP contribution in [0.4, 0.5) is 0 Å². The van der Waals surface area contributed by atoms with Crippen LogP contribution in [0.3, 0.4) is 0 Å². The monoisotopic (exact) mass is 258 g/mol. The third kappa shape index (κ3) is 2.88. The fraction of sp³-hybridized carbons (Fsp3) is 0.214. The lowest BCUT2D eigenvalue weighted by Gasteiger charge is -2.02. The van der Waals surface area contributed by atoms with Gasteiger partial charge in [-0.25, -0.2) is 9.48 Å². The molecule has 0 amide bonds. The second kappa shape index (κ2) is 5.48. The predicted octanol–water partition coefficient (Wildman–Crippen LogP) is 2.25. The highest BCUT2D eigenvalue weighted by Crippen LogP contribution is 2.12. The number of nitrogens with zero attached hydrogens (tertiary/aromatic N) is 2. The number of benzene rings is 1. The Morgan fingerprint density at radius 3 is 2.79 bits per heavy atom. The number of ketones is 1.